The number of carboxylic acids is 1. The molecule has 0 unspecified atom stereocenters. The highest BCUT2D eigenvalue weighted by molar-refractivity contribution is 7.09. The van der Waals surface area contributed by atoms with Crippen LogP contribution in [0.15, 0.2) is 66.0 Å². The molecule has 0 spiro atoms. The Labute approximate surface area is 143 Å². The molecule has 0 aliphatic rings. The molecule has 0 aliphatic carbocycles. The van der Waals surface area contributed by atoms with Crippen LogP contribution in [0.3, 0.4) is 0 Å². The zero-order chi connectivity index (χ0) is 16.9. The van der Waals surface area contributed by atoms with E-state index < -0.39 is 5.97 Å². The first kappa shape index (κ1) is 16.0. The van der Waals surface area contributed by atoms with E-state index in [2.05, 4.69) is 5.32 Å². The number of carbonyl (C=O) groups is 2. The molecule has 2 aromatic carbocycles. The second-order valence-electron chi connectivity index (χ2n) is 5.26. The number of anilines is 1. The zero-order valence-corrected chi connectivity index (χ0v) is 13.5. The van der Waals surface area contributed by atoms with Crippen LogP contribution >= 0.6 is 11.3 Å². The van der Waals surface area contributed by atoms with E-state index >= 15 is 0 Å². The number of amides is 1. The molecule has 3 aromatic rings. The minimum atomic E-state index is -1.07. The summed E-state index contributed by atoms with van der Waals surface area (Å²) in [5.41, 5.74) is 1.82. The minimum Gasteiger partial charge on any atom is -0.478 e. The lowest BCUT2D eigenvalue weighted by atomic mass is 10.1. The highest BCUT2D eigenvalue weighted by Crippen LogP contribution is 2.22. The van der Waals surface area contributed by atoms with E-state index in [0.717, 1.165) is 5.56 Å². The molecule has 1 amide bonds. The van der Waals surface area contributed by atoms with E-state index in [4.69, 9.17) is 0 Å². The SMILES string of the molecule is O=C(Nc1cc(Cc2cccs2)ccc1C(=O)O)c1ccccc1. The molecule has 1 aromatic heterocycles. The highest BCUT2D eigenvalue weighted by Gasteiger charge is 2.14. The van der Waals surface area contributed by atoms with Crippen molar-refractivity contribution in [2.75, 3.05) is 5.32 Å². The van der Waals surface area contributed by atoms with E-state index in [1.54, 1.807) is 47.7 Å². The van der Waals surface area contributed by atoms with Crippen LogP contribution in [-0.4, -0.2) is 17.0 Å². The van der Waals surface area contributed by atoms with Crippen LogP contribution in [0, 0.1) is 0 Å². The predicted molar refractivity (Wildman–Crippen MR) is 94.9 cm³/mol. The fraction of sp³-hybridized carbons (Fsp3) is 0.0526. The first-order valence-corrected chi connectivity index (χ1v) is 8.26. The van der Waals surface area contributed by atoms with Gasteiger partial charge in [-0.2, -0.15) is 0 Å². The van der Waals surface area contributed by atoms with Gasteiger partial charge < -0.3 is 10.4 Å². The van der Waals surface area contributed by atoms with Crippen molar-refractivity contribution in [1.82, 2.24) is 0 Å². The molecule has 0 saturated carbocycles. The van der Waals surface area contributed by atoms with E-state index in [1.807, 2.05) is 23.6 Å². The third kappa shape index (κ3) is 3.70. The number of hydrogen-bond acceptors (Lipinski definition) is 3. The largest absolute Gasteiger partial charge is 0.478 e. The van der Waals surface area contributed by atoms with Gasteiger partial charge in [-0.05, 0) is 41.3 Å². The number of benzene rings is 2. The lowest BCUT2D eigenvalue weighted by Crippen LogP contribution is -2.15. The average molecular weight is 337 g/mol. The molecular weight excluding hydrogens is 322 g/mol. The number of rotatable bonds is 5. The number of hydrogen-bond donors (Lipinski definition) is 2. The Balaban J connectivity index is 1.88. The summed E-state index contributed by atoms with van der Waals surface area (Å²) in [6.45, 7) is 0. The van der Waals surface area contributed by atoms with Gasteiger partial charge in [-0.15, -0.1) is 11.3 Å². The lowest BCUT2D eigenvalue weighted by molar-refractivity contribution is 0.0698. The molecule has 0 radical (unpaired) electrons. The van der Waals surface area contributed by atoms with Gasteiger partial charge in [-0.1, -0.05) is 30.3 Å². The van der Waals surface area contributed by atoms with Gasteiger partial charge in [0.15, 0.2) is 0 Å². The maximum absolute atomic E-state index is 12.3. The third-order valence-corrected chi connectivity index (χ3v) is 4.43. The summed E-state index contributed by atoms with van der Waals surface area (Å²) in [6, 6.07) is 17.8. The van der Waals surface area contributed by atoms with E-state index in [-0.39, 0.29) is 11.5 Å². The molecule has 0 bridgehead atoms. The Bertz CT molecular complexity index is 858. The van der Waals surface area contributed by atoms with Crippen molar-refractivity contribution in [1.29, 1.82) is 0 Å². The third-order valence-electron chi connectivity index (χ3n) is 3.56. The van der Waals surface area contributed by atoms with Crippen molar-refractivity contribution in [2.45, 2.75) is 6.42 Å². The Morgan fingerprint density at radius 1 is 1.00 bits per heavy atom. The summed E-state index contributed by atoms with van der Waals surface area (Å²) < 4.78 is 0. The van der Waals surface area contributed by atoms with Gasteiger partial charge >= 0.3 is 5.97 Å². The summed E-state index contributed by atoms with van der Waals surface area (Å²) in [7, 11) is 0. The summed E-state index contributed by atoms with van der Waals surface area (Å²) in [6.07, 6.45) is 0.700. The summed E-state index contributed by atoms with van der Waals surface area (Å²) >= 11 is 1.64. The second-order valence-corrected chi connectivity index (χ2v) is 6.29. The number of nitrogens with one attached hydrogen (secondary N) is 1. The van der Waals surface area contributed by atoms with E-state index in [0.29, 0.717) is 17.7 Å². The lowest BCUT2D eigenvalue weighted by Gasteiger charge is -2.11. The molecule has 120 valence electrons. The fourth-order valence-corrected chi connectivity index (χ4v) is 3.13. The topological polar surface area (TPSA) is 66.4 Å². The fourth-order valence-electron chi connectivity index (χ4n) is 2.39. The summed E-state index contributed by atoms with van der Waals surface area (Å²) in [5, 5.41) is 14.1. The van der Waals surface area contributed by atoms with Crippen LogP contribution in [0.5, 0.6) is 0 Å². The number of carboxylic acid groups (broad SMARTS) is 1. The summed E-state index contributed by atoms with van der Waals surface area (Å²) in [5.74, 6) is -1.40. The Hall–Kier alpha value is -2.92. The molecule has 0 aliphatic heterocycles. The van der Waals surface area contributed by atoms with Crippen LogP contribution in [0.25, 0.3) is 0 Å². The van der Waals surface area contributed by atoms with E-state index in [1.165, 1.54) is 10.9 Å². The monoisotopic (exact) mass is 337 g/mol. The number of thiophene rings is 1. The van der Waals surface area contributed by atoms with Gasteiger partial charge in [0.1, 0.15) is 0 Å². The van der Waals surface area contributed by atoms with Crippen LogP contribution < -0.4 is 5.32 Å². The molecule has 0 saturated heterocycles. The summed E-state index contributed by atoms with van der Waals surface area (Å²) in [4.78, 5) is 24.9. The van der Waals surface area contributed by atoms with Crippen molar-refractivity contribution >= 4 is 28.9 Å². The number of carbonyl (C=O) groups excluding carboxylic acids is 1. The van der Waals surface area contributed by atoms with Crippen molar-refractivity contribution in [3.05, 3.63) is 87.6 Å². The van der Waals surface area contributed by atoms with Crippen molar-refractivity contribution in [3.8, 4) is 0 Å². The molecule has 0 atom stereocenters. The predicted octanol–water partition coefficient (Wildman–Crippen LogP) is 4.29. The zero-order valence-electron chi connectivity index (χ0n) is 12.7. The normalized spacial score (nSPS) is 10.3. The van der Waals surface area contributed by atoms with E-state index in [9.17, 15) is 14.7 Å². The van der Waals surface area contributed by atoms with Gasteiger partial charge in [0.25, 0.3) is 5.91 Å². The number of aromatic carboxylic acids is 1. The average Bonchev–Trinajstić information content (AvgIpc) is 3.08. The second kappa shape index (κ2) is 7.10. The van der Waals surface area contributed by atoms with Gasteiger partial charge in [0.2, 0.25) is 0 Å². The van der Waals surface area contributed by atoms with Gasteiger partial charge in [-0.25, -0.2) is 4.79 Å². The quantitative estimate of drug-likeness (QED) is 0.730. The van der Waals surface area contributed by atoms with Crippen LogP contribution in [0.2, 0.25) is 0 Å². The molecule has 4 nitrogen and oxygen atoms in total. The van der Waals surface area contributed by atoms with Crippen LogP contribution in [0.4, 0.5) is 5.69 Å². The molecule has 24 heavy (non-hydrogen) atoms. The van der Waals surface area contributed by atoms with Crippen molar-refractivity contribution in [2.24, 2.45) is 0 Å². The molecular formula is C19H15NO3S. The first-order valence-electron chi connectivity index (χ1n) is 7.38. The highest BCUT2D eigenvalue weighted by atomic mass is 32.1. The van der Waals surface area contributed by atoms with Gasteiger partial charge in [0, 0.05) is 16.9 Å². The molecule has 3 rings (SSSR count). The Morgan fingerprint density at radius 3 is 2.46 bits per heavy atom. The maximum Gasteiger partial charge on any atom is 0.337 e. The maximum atomic E-state index is 12.3. The van der Waals surface area contributed by atoms with Gasteiger partial charge in [-0.3, -0.25) is 4.79 Å². The van der Waals surface area contributed by atoms with Crippen LogP contribution in [0.1, 0.15) is 31.2 Å². The van der Waals surface area contributed by atoms with Crippen molar-refractivity contribution < 1.29 is 14.7 Å². The Kier molecular flexibility index (Phi) is 4.72. The molecule has 0 fully saturated rings. The van der Waals surface area contributed by atoms with Gasteiger partial charge in [0.05, 0.1) is 11.3 Å². The molecule has 5 heteroatoms. The Morgan fingerprint density at radius 2 is 1.79 bits per heavy atom. The smallest absolute Gasteiger partial charge is 0.337 e. The van der Waals surface area contributed by atoms with Crippen LogP contribution in [-0.2, 0) is 6.42 Å². The standard InChI is InChI=1S/C19H15NO3S/c21-18(14-5-2-1-3-6-14)20-17-12-13(8-9-16(17)19(22)23)11-15-7-4-10-24-15/h1-10,12H,11H2,(H,20,21)(H,22,23). The first-order chi connectivity index (χ1) is 11.6. The molecule has 1 heterocycles. The molecule has 2 N–H and O–H groups in total. The van der Waals surface area contributed by atoms with Crippen molar-refractivity contribution in [3.63, 3.8) is 0 Å². The minimum absolute atomic E-state index is 0.0780.